The fourth-order valence-electron chi connectivity index (χ4n) is 2.58. The van der Waals surface area contributed by atoms with Gasteiger partial charge in [-0.25, -0.2) is 4.79 Å². The van der Waals surface area contributed by atoms with Crippen molar-refractivity contribution in [1.82, 2.24) is 0 Å². The molecule has 2 nitrogen and oxygen atoms in total. The van der Waals surface area contributed by atoms with E-state index < -0.39 is 0 Å². The lowest BCUT2D eigenvalue weighted by molar-refractivity contribution is -0.139. The topological polar surface area (TPSA) is 26.3 Å². The van der Waals surface area contributed by atoms with Crippen molar-refractivity contribution in [2.24, 2.45) is 5.92 Å². The third-order valence-corrected chi connectivity index (χ3v) is 4.17. The van der Waals surface area contributed by atoms with Crippen molar-refractivity contribution in [3.8, 4) is 0 Å². The predicted octanol–water partition coefficient (Wildman–Crippen LogP) is 6.05. The van der Waals surface area contributed by atoms with Crippen LogP contribution in [0.1, 0.15) is 90.9 Å². The van der Waals surface area contributed by atoms with E-state index >= 15 is 0 Å². The summed E-state index contributed by atoms with van der Waals surface area (Å²) in [7, 11) is 0. The van der Waals surface area contributed by atoms with Gasteiger partial charge in [-0.1, -0.05) is 91.1 Å². The summed E-state index contributed by atoms with van der Waals surface area (Å²) in [4.78, 5) is 11.0. The minimum absolute atomic E-state index is 0.295. The van der Waals surface area contributed by atoms with Gasteiger partial charge in [-0.3, -0.25) is 0 Å². The molecule has 0 N–H and O–H groups in total. The van der Waals surface area contributed by atoms with Crippen LogP contribution >= 0.6 is 0 Å². The molecule has 0 spiro atoms. The maximum atomic E-state index is 11.0. The van der Waals surface area contributed by atoms with E-state index in [0.29, 0.717) is 12.5 Å². The van der Waals surface area contributed by atoms with Crippen LogP contribution in [0.2, 0.25) is 0 Å². The molecule has 1 atom stereocenters. The highest BCUT2D eigenvalue weighted by Crippen LogP contribution is 2.16. The van der Waals surface area contributed by atoms with Gasteiger partial charge >= 0.3 is 5.97 Å². The van der Waals surface area contributed by atoms with Crippen LogP contribution in [0.5, 0.6) is 0 Å². The van der Waals surface area contributed by atoms with Gasteiger partial charge in [0.15, 0.2) is 0 Å². The Kier molecular flexibility index (Phi) is 15.0. The SMILES string of the molecule is C=CC(=O)OCC(CC)CCCCCCCCCCCC. The Balaban J connectivity index is 3.35. The molecule has 0 rings (SSSR count). The molecule has 0 aliphatic carbocycles. The number of unbranched alkanes of at least 4 members (excludes halogenated alkanes) is 9. The van der Waals surface area contributed by atoms with Crippen molar-refractivity contribution in [3.05, 3.63) is 12.7 Å². The third-order valence-electron chi connectivity index (χ3n) is 4.17. The molecule has 0 aliphatic heterocycles. The molecule has 21 heavy (non-hydrogen) atoms. The summed E-state index contributed by atoms with van der Waals surface area (Å²) >= 11 is 0. The Morgan fingerprint density at radius 2 is 1.48 bits per heavy atom. The van der Waals surface area contributed by atoms with Crippen molar-refractivity contribution in [2.45, 2.75) is 90.9 Å². The molecule has 0 saturated carbocycles. The van der Waals surface area contributed by atoms with E-state index in [-0.39, 0.29) is 5.97 Å². The Morgan fingerprint density at radius 3 is 1.95 bits per heavy atom. The molecule has 2 heteroatoms. The zero-order chi connectivity index (χ0) is 15.8. The Hall–Kier alpha value is -0.790. The summed E-state index contributed by atoms with van der Waals surface area (Å²) in [5, 5.41) is 0. The van der Waals surface area contributed by atoms with Crippen LogP contribution in [0.4, 0.5) is 0 Å². The number of ether oxygens (including phenoxy) is 1. The normalized spacial score (nSPS) is 12.1. The molecule has 0 fully saturated rings. The second-order valence-electron chi connectivity index (χ2n) is 6.08. The molecule has 0 aromatic carbocycles. The number of rotatable bonds is 15. The number of carbonyl (C=O) groups excluding carboxylic acids is 1. The molecule has 0 aromatic rings. The molecule has 0 aromatic heterocycles. The van der Waals surface area contributed by atoms with E-state index in [9.17, 15) is 4.79 Å². The van der Waals surface area contributed by atoms with Crippen LogP contribution in [-0.4, -0.2) is 12.6 Å². The maximum absolute atomic E-state index is 11.0. The quantitative estimate of drug-likeness (QED) is 0.209. The first kappa shape index (κ1) is 20.2. The molecule has 0 aliphatic rings. The summed E-state index contributed by atoms with van der Waals surface area (Å²) in [5.41, 5.74) is 0. The van der Waals surface area contributed by atoms with Gasteiger partial charge in [0.25, 0.3) is 0 Å². The first-order valence-electron chi connectivity index (χ1n) is 9.03. The fourth-order valence-corrected chi connectivity index (χ4v) is 2.58. The number of hydrogen-bond donors (Lipinski definition) is 0. The standard InChI is InChI=1S/C19H36O2/c1-4-7-8-9-10-11-12-13-14-15-16-18(5-2)17-21-19(20)6-3/h6,18H,3-5,7-17H2,1-2H3. The van der Waals surface area contributed by atoms with Gasteiger partial charge in [0, 0.05) is 6.08 Å². The molecule has 0 radical (unpaired) electrons. The van der Waals surface area contributed by atoms with Crippen molar-refractivity contribution in [1.29, 1.82) is 0 Å². The fraction of sp³-hybridized carbons (Fsp3) is 0.842. The van der Waals surface area contributed by atoms with Crippen LogP contribution < -0.4 is 0 Å². The molecular weight excluding hydrogens is 260 g/mol. The van der Waals surface area contributed by atoms with Gasteiger partial charge in [0.2, 0.25) is 0 Å². The highest BCUT2D eigenvalue weighted by Gasteiger charge is 2.08. The van der Waals surface area contributed by atoms with Gasteiger partial charge in [-0.05, 0) is 12.3 Å². The molecule has 124 valence electrons. The number of carbonyl (C=O) groups is 1. The van der Waals surface area contributed by atoms with Crippen molar-refractivity contribution in [3.63, 3.8) is 0 Å². The summed E-state index contributed by atoms with van der Waals surface area (Å²) in [6, 6.07) is 0. The molecule has 1 unspecified atom stereocenters. The van der Waals surface area contributed by atoms with Gasteiger partial charge < -0.3 is 4.74 Å². The largest absolute Gasteiger partial charge is 0.462 e. The Labute approximate surface area is 132 Å². The van der Waals surface area contributed by atoms with E-state index in [4.69, 9.17) is 4.74 Å². The summed E-state index contributed by atoms with van der Waals surface area (Å²) in [6.07, 6.45) is 17.2. The number of hydrogen-bond acceptors (Lipinski definition) is 2. The van der Waals surface area contributed by atoms with Crippen LogP contribution in [0.15, 0.2) is 12.7 Å². The van der Waals surface area contributed by atoms with Crippen LogP contribution in [0.25, 0.3) is 0 Å². The molecule has 0 heterocycles. The van der Waals surface area contributed by atoms with Gasteiger partial charge in [-0.2, -0.15) is 0 Å². The zero-order valence-corrected chi connectivity index (χ0v) is 14.4. The van der Waals surface area contributed by atoms with Crippen LogP contribution in [-0.2, 0) is 9.53 Å². The number of esters is 1. The Bertz CT molecular complexity index is 248. The van der Waals surface area contributed by atoms with E-state index in [1.807, 2.05) is 0 Å². The first-order chi connectivity index (χ1) is 10.2. The van der Waals surface area contributed by atoms with Crippen molar-refractivity contribution >= 4 is 5.97 Å². The average molecular weight is 296 g/mol. The van der Waals surface area contributed by atoms with E-state index in [1.165, 1.54) is 76.7 Å². The predicted molar refractivity (Wildman–Crippen MR) is 91.4 cm³/mol. The second-order valence-corrected chi connectivity index (χ2v) is 6.08. The minimum Gasteiger partial charge on any atom is -0.462 e. The zero-order valence-electron chi connectivity index (χ0n) is 14.4. The van der Waals surface area contributed by atoms with E-state index in [0.717, 1.165) is 6.42 Å². The molecular formula is C19H36O2. The summed E-state index contributed by atoms with van der Waals surface area (Å²) < 4.78 is 5.13. The van der Waals surface area contributed by atoms with Crippen LogP contribution in [0, 0.1) is 5.92 Å². The highest BCUT2D eigenvalue weighted by atomic mass is 16.5. The molecule has 0 saturated heterocycles. The lowest BCUT2D eigenvalue weighted by atomic mass is 9.98. The van der Waals surface area contributed by atoms with Gasteiger partial charge in [-0.15, -0.1) is 0 Å². The van der Waals surface area contributed by atoms with E-state index in [2.05, 4.69) is 20.4 Å². The maximum Gasteiger partial charge on any atom is 0.330 e. The average Bonchev–Trinajstić information content (AvgIpc) is 2.51. The van der Waals surface area contributed by atoms with Gasteiger partial charge in [0.05, 0.1) is 6.61 Å². The first-order valence-corrected chi connectivity index (χ1v) is 9.03. The lowest BCUT2D eigenvalue weighted by Crippen LogP contribution is -2.12. The molecule has 0 bridgehead atoms. The second kappa shape index (κ2) is 15.6. The smallest absolute Gasteiger partial charge is 0.330 e. The lowest BCUT2D eigenvalue weighted by Gasteiger charge is -2.14. The minimum atomic E-state index is -0.295. The summed E-state index contributed by atoms with van der Waals surface area (Å²) in [6.45, 7) is 8.41. The molecule has 0 amide bonds. The van der Waals surface area contributed by atoms with Crippen molar-refractivity contribution in [2.75, 3.05) is 6.61 Å². The third kappa shape index (κ3) is 13.9. The van der Waals surface area contributed by atoms with Crippen molar-refractivity contribution < 1.29 is 9.53 Å². The van der Waals surface area contributed by atoms with Gasteiger partial charge in [0.1, 0.15) is 0 Å². The monoisotopic (exact) mass is 296 g/mol. The highest BCUT2D eigenvalue weighted by molar-refractivity contribution is 5.81. The van der Waals surface area contributed by atoms with E-state index in [1.54, 1.807) is 0 Å². The Morgan fingerprint density at radius 1 is 0.952 bits per heavy atom. The van der Waals surface area contributed by atoms with Crippen LogP contribution in [0.3, 0.4) is 0 Å². The summed E-state index contributed by atoms with van der Waals surface area (Å²) in [5.74, 6) is 0.222.